The summed E-state index contributed by atoms with van der Waals surface area (Å²) in [6.07, 6.45) is -15.0. The van der Waals surface area contributed by atoms with Gasteiger partial charge in [0.05, 0.1) is 190 Å². The third-order valence-corrected chi connectivity index (χ3v) is 12.9. The quantitative estimate of drug-likeness (QED) is 0.0244. The molecule has 39 heteroatoms. The molecule has 0 radical (unpaired) electrons. The summed E-state index contributed by atoms with van der Waals surface area (Å²) in [5.41, 5.74) is -2.33. The zero-order chi connectivity index (χ0) is 68.2. The fraction of sp³-hybridized carbons (Fsp3) is 0.782. The fourth-order valence-electron chi connectivity index (χ4n) is 8.08. The van der Waals surface area contributed by atoms with E-state index in [2.05, 4.69) is 46.5 Å². The highest BCUT2D eigenvalue weighted by Gasteiger charge is 2.41. The molecule has 2 aromatic rings. The molecule has 2 aliphatic heterocycles. The highest BCUT2D eigenvalue weighted by Crippen LogP contribution is 2.29. The van der Waals surface area contributed by atoms with Crippen LogP contribution < -0.4 is 26.6 Å². The van der Waals surface area contributed by atoms with E-state index in [4.69, 9.17) is 76.2 Å². The maximum atomic E-state index is 13.0. The summed E-state index contributed by atoms with van der Waals surface area (Å²) < 4.78 is 160. The number of carbonyl (C=O) groups excluding carboxylic acids is 3. The van der Waals surface area contributed by atoms with Crippen LogP contribution in [0.25, 0.3) is 0 Å². The maximum Gasteiger partial charge on any atom is 0.433 e. The van der Waals surface area contributed by atoms with Gasteiger partial charge in [0.1, 0.15) is 61.2 Å². The van der Waals surface area contributed by atoms with Gasteiger partial charge in [-0.25, -0.2) is 24.7 Å². The lowest BCUT2D eigenvalue weighted by Crippen LogP contribution is -2.57. The van der Waals surface area contributed by atoms with Crippen molar-refractivity contribution in [2.24, 2.45) is 0 Å². The predicted octanol–water partition coefficient (Wildman–Crippen LogP) is -2.40. The van der Waals surface area contributed by atoms with E-state index in [1.807, 2.05) is 0 Å². The first kappa shape index (κ1) is 80.9. The van der Waals surface area contributed by atoms with Crippen LogP contribution in [0.2, 0.25) is 0 Å². The van der Waals surface area contributed by atoms with E-state index >= 15 is 0 Å². The number of carboxylic acids is 1. The van der Waals surface area contributed by atoms with E-state index < -0.39 is 97.0 Å². The molecule has 4 rings (SSSR count). The summed E-state index contributed by atoms with van der Waals surface area (Å²) >= 11 is 0. The average Bonchev–Trinajstić information content (AvgIpc) is 1.25. The lowest BCUT2D eigenvalue weighted by atomic mass is 9.98. The lowest BCUT2D eigenvalue weighted by molar-refractivity contribution is -0.161. The molecule has 0 aliphatic carbocycles. The van der Waals surface area contributed by atoms with Gasteiger partial charge in [0.2, 0.25) is 29.6 Å². The molecule has 8 atom stereocenters. The van der Waals surface area contributed by atoms with Gasteiger partial charge in [0.15, 0.2) is 0 Å². The molecule has 0 aromatic carbocycles. The Bertz CT molecular complexity index is 2260. The molecule has 0 unspecified atom stereocenters. The standard InChI is InChI=1S/C55H87F6N9O24/c56-54(57,58)42-1-5-64-52(69-42)67-38-31-93-40(50(78)48(38)76)33-89-25-21-84-19-17-82-15-13-80-11-7-62-44(71)3-9-87-29-37(66-46(73)35-91-27-23-86-24-28-92-36-47(74)75)30-88-10-4-45(72)63-8-12-81-14-16-83-18-20-85-22-26-90-34-41-51(79)49(77)39(32-94-41)68-53-65-6-2-43(70-53)55(59,60)61/h1-2,5-6,37-41,48-51,76-79H,3-4,7-36H2,(H,62,71)(H,63,72)(H,66,73)(H,74,75)(H,64,67,69)(H,65,68,70)/t38-,39-,40+,41+,48+,49+,50-,51-/m0/s1. The van der Waals surface area contributed by atoms with Crippen LogP contribution in [0, 0.1) is 0 Å². The van der Waals surface area contributed by atoms with Crippen LogP contribution in [-0.2, 0) is 103 Å². The Balaban J connectivity index is 0.954. The minimum Gasteiger partial charge on any atom is -0.480 e. The molecule has 0 bridgehead atoms. The number of hydrogen-bond donors (Lipinski definition) is 10. The van der Waals surface area contributed by atoms with Crippen molar-refractivity contribution in [3.05, 3.63) is 35.9 Å². The molecule has 33 nitrogen and oxygen atoms in total. The highest BCUT2D eigenvalue weighted by molar-refractivity contribution is 5.77. The van der Waals surface area contributed by atoms with E-state index in [0.29, 0.717) is 12.1 Å². The molecule has 538 valence electrons. The normalized spacial score (nSPS) is 20.1. The van der Waals surface area contributed by atoms with Crippen molar-refractivity contribution in [1.29, 1.82) is 0 Å². The number of aliphatic hydroxyl groups excluding tert-OH is 4. The molecular formula is C55H87F6N9O24. The fourth-order valence-corrected chi connectivity index (χ4v) is 8.08. The summed E-state index contributed by atoms with van der Waals surface area (Å²) in [6, 6.07) is -1.23. The smallest absolute Gasteiger partial charge is 0.433 e. The summed E-state index contributed by atoms with van der Waals surface area (Å²) in [6.45, 7) is 2.48. The van der Waals surface area contributed by atoms with Crippen molar-refractivity contribution in [3.8, 4) is 0 Å². The molecule has 0 spiro atoms. The summed E-state index contributed by atoms with van der Waals surface area (Å²) in [4.78, 5) is 62.3. The first-order valence-electron chi connectivity index (χ1n) is 30.0. The van der Waals surface area contributed by atoms with Crippen molar-refractivity contribution < 1.29 is 142 Å². The molecular weight excluding hydrogens is 1280 g/mol. The van der Waals surface area contributed by atoms with Crippen LogP contribution in [0.1, 0.15) is 24.2 Å². The maximum absolute atomic E-state index is 13.0. The van der Waals surface area contributed by atoms with Crippen molar-refractivity contribution in [2.75, 3.05) is 209 Å². The Labute approximate surface area is 537 Å². The number of nitrogens with one attached hydrogen (secondary N) is 5. The van der Waals surface area contributed by atoms with Crippen LogP contribution in [0.15, 0.2) is 24.5 Å². The number of ether oxygens (including phenoxy) is 15. The lowest BCUT2D eigenvalue weighted by Gasteiger charge is -2.37. The monoisotopic (exact) mass is 1370 g/mol. The van der Waals surface area contributed by atoms with Crippen LogP contribution in [0.5, 0.6) is 0 Å². The van der Waals surface area contributed by atoms with Gasteiger partial charge in [-0.3, -0.25) is 14.4 Å². The van der Waals surface area contributed by atoms with Gasteiger partial charge in [0.25, 0.3) is 0 Å². The first-order valence-corrected chi connectivity index (χ1v) is 30.0. The van der Waals surface area contributed by atoms with Crippen LogP contribution >= 0.6 is 0 Å². The van der Waals surface area contributed by atoms with Crippen molar-refractivity contribution in [1.82, 2.24) is 35.9 Å². The molecule has 94 heavy (non-hydrogen) atoms. The molecule has 0 saturated carbocycles. The van der Waals surface area contributed by atoms with Gasteiger partial charge in [-0.2, -0.15) is 26.3 Å². The molecule has 10 N–H and O–H groups in total. The number of alkyl halides is 6. The topological polar surface area (TPSA) is 420 Å². The van der Waals surface area contributed by atoms with Crippen molar-refractivity contribution >= 4 is 35.6 Å². The zero-order valence-corrected chi connectivity index (χ0v) is 51.7. The number of anilines is 2. The van der Waals surface area contributed by atoms with E-state index in [1.165, 1.54) is 0 Å². The molecule has 3 amide bonds. The highest BCUT2D eigenvalue weighted by atomic mass is 19.4. The number of amides is 3. The van der Waals surface area contributed by atoms with E-state index in [1.54, 1.807) is 0 Å². The van der Waals surface area contributed by atoms with Gasteiger partial charge in [-0.05, 0) is 12.1 Å². The number of aliphatic carboxylic acids is 1. The first-order chi connectivity index (χ1) is 45.2. The summed E-state index contributed by atoms with van der Waals surface area (Å²) in [5.74, 6) is -2.99. The van der Waals surface area contributed by atoms with Crippen molar-refractivity contribution in [2.45, 2.75) is 79.9 Å². The number of aliphatic hydroxyl groups is 4. The molecule has 2 aliphatic rings. The zero-order valence-electron chi connectivity index (χ0n) is 51.7. The Morgan fingerprint density at radius 1 is 0.468 bits per heavy atom. The Kier molecular flexibility index (Phi) is 40.8. The Morgan fingerprint density at radius 3 is 1.19 bits per heavy atom. The Hall–Kier alpha value is -5.54. The number of carbonyl (C=O) groups is 4. The van der Waals surface area contributed by atoms with Crippen LogP contribution in [-0.4, -0.2) is 322 Å². The van der Waals surface area contributed by atoms with Gasteiger partial charge in [0, 0.05) is 38.3 Å². The number of halogens is 6. The summed E-state index contributed by atoms with van der Waals surface area (Å²) in [5, 5.41) is 63.9. The number of aromatic nitrogens is 4. The molecule has 2 saturated heterocycles. The van der Waals surface area contributed by atoms with Gasteiger partial charge >= 0.3 is 18.3 Å². The van der Waals surface area contributed by atoms with Crippen LogP contribution in [0.4, 0.5) is 38.2 Å². The third-order valence-electron chi connectivity index (χ3n) is 12.9. The van der Waals surface area contributed by atoms with Gasteiger partial charge < -0.3 is 123 Å². The summed E-state index contributed by atoms with van der Waals surface area (Å²) in [7, 11) is 0. The van der Waals surface area contributed by atoms with E-state index in [0.717, 1.165) is 12.4 Å². The second-order valence-corrected chi connectivity index (χ2v) is 20.3. The van der Waals surface area contributed by atoms with Gasteiger partial charge in [-0.1, -0.05) is 0 Å². The molecule has 4 heterocycles. The van der Waals surface area contributed by atoms with E-state index in [-0.39, 0.29) is 228 Å². The second-order valence-electron chi connectivity index (χ2n) is 20.3. The van der Waals surface area contributed by atoms with Crippen molar-refractivity contribution in [3.63, 3.8) is 0 Å². The predicted molar refractivity (Wildman–Crippen MR) is 308 cm³/mol. The number of nitrogens with zero attached hydrogens (tertiary/aromatic N) is 4. The van der Waals surface area contributed by atoms with E-state index in [9.17, 15) is 65.9 Å². The SMILES string of the molecule is O=C(O)COCCOCCOCC(=O)NC(COCCC(=O)NCCOCCOCCOCCOC[C@H]1OC[C@H](Nc2nccc(C(F)(F)F)n2)[C@@H](O)[C@H]1O)COCCC(=O)NCCOCCOCCOCCOC[C@H]1OC[C@H](Nc2nccc(C(F)(F)F)n2)[C@@H](O)[C@H]1O. The minimum atomic E-state index is -4.69. The minimum absolute atomic E-state index is 0.00337. The largest absolute Gasteiger partial charge is 0.480 e. The van der Waals surface area contributed by atoms with Gasteiger partial charge in [-0.15, -0.1) is 0 Å². The second kappa shape index (κ2) is 47.4. The molecule has 2 fully saturated rings. The Morgan fingerprint density at radius 2 is 0.819 bits per heavy atom. The van der Waals surface area contributed by atoms with Crippen LogP contribution in [0.3, 0.4) is 0 Å². The number of rotatable bonds is 53. The number of carboxylic acid groups (broad SMARTS) is 1. The third kappa shape index (κ3) is 36.0. The molecule has 2 aromatic heterocycles. The number of hydrogen-bond acceptors (Lipinski definition) is 29. The average molecular weight is 1370 g/mol.